The van der Waals surface area contributed by atoms with Crippen molar-refractivity contribution in [2.24, 2.45) is 0 Å². The Hall–Kier alpha value is -2.49. The van der Waals surface area contributed by atoms with Gasteiger partial charge in [0, 0.05) is 0 Å². The van der Waals surface area contributed by atoms with Gasteiger partial charge in [0.25, 0.3) is 0 Å². The van der Waals surface area contributed by atoms with E-state index in [1.54, 1.807) is 48.5 Å². The van der Waals surface area contributed by atoms with Crippen LogP contribution >= 0.6 is 0 Å². The van der Waals surface area contributed by atoms with Crippen molar-refractivity contribution in [3.8, 4) is 17.2 Å². The number of ether oxygens (including phenoxy) is 3. The minimum Gasteiger partial charge on any atom is -0.494 e. The maximum Gasteiger partial charge on any atom is 0.519 e. The van der Waals surface area contributed by atoms with Crippen molar-refractivity contribution in [2.45, 2.75) is 19.8 Å². The van der Waals surface area contributed by atoms with Gasteiger partial charge in [0.2, 0.25) is 0 Å². The molecule has 21 heavy (non-hydrogen) atoms. The lowest BCUT2D eigenvalue weighted by molar-refractivity contribution is 0.152. The Bertz CT molecular complexity index is 549. The maximum absolute atomic E-state index is 11.6. The maximum atomic E-state index is 11.6. The molecule has 0 spiro atoms. The van der Waals surface area contributed by atoms with Crippen LogP contribution in [0.3, 0.4) is 0 Å². The van der Waals surface area contributed by atoms with Crippen molar-refractivity contribution in [1.29, 1.82) is 0 Å². The Morgan fingerprint density at radius 3 is 2.05 bits per heavy atom. The topological polar surface area (TPSA) is 44.8 Å². The summed E-state index contributed by atoms with van der Waals surface area (Å²) in [5, 5.41) is 0. The molecule has 0 radical (unpaired) electrons. The molecule has 4 heteroatoms. The molecule has 0 saturated carbocycles. The van der Waals surface area contributed by atoms with Crippen LogP contribution in [0.25, 0.3) is 0 Å². The molecule has 0 N–H and O–H groups in total. The zero-order valence-electron chi connectivity index (χ0n) is 12.0. The van der Waals surface area contributed by atoms with E-state index in [0.717, 1.165) is 18.6 Å². The number of hydrogen-bond donors (Lipinski definition) is 0. The molecule has 2 aromatic carbocycles. The fraction of sp³-hybridized carbons (Fsp3) is 0.235. The Balaban J connectivity index is 1.83. The average molecular weight is 286 g/mol. The van der Waals surface area contributed by atoms with Gasteiger partial charge in [-0.05, 0) is 42.8 Å². The van der Waals surface area contributed by atoms with Crippen molar-refractivity contribution in [3.63, 3.8) is 0 Å². The van der Waals surface area contributed by atoms with Crippen molar-refractivity contribution in [1.82, 2.24) is 0 Å². The largest absolute Gasteiger partial charge is 0.519 e. The third-order valence-corrected chi connectivity index (χ3v) is 2.74. The van der Waals surface area contributed by atoms with Gasteiger partial charge in [-0.15, -0.1) is 0 Å². The van der Waals surface area contributed by atoms with E-state index in [0.29, 0.717) is 18.1 Å². The molecular formula is C17H18O4. The molecule has 110 valence electrons. The number of unbranched alkanes of at least 4 members (excludes halogenated alkanes) is 1. The number of para-hydroxylation sites is 1. The Morgan fingerprint density at radius 2 is 1.43 bits per heavy atom. The summed E-state index contributed by atoms with van der Waals surface area (Å²) in [6.45, 7) is 2.80. The van der Waals surface area contributed by atoms with E-state index < -0.39 is 6.16 Å². The minimum absolute atomic E-state index is 0.416. The molecule has 0 heterocycles. The summed E-state index contributed by atoms with van der Waals surface area (Å²) in [5.41, 5.74) is 0. The molecule has 0 bridgehead atoms. The second-order valence-corrected chi connectivity index (χ2v) is 4.44. The second-order valence-electron chi connectivity index (χ2n) is 4.44. The fourth-order valence-corrected chi connectivity index (χ4v) is 1.64. The average Bonchev–Trinajstić information content (AvgIpc) is 2.50. The summed E-state index contributed by atoms with van der Waals surface area (Å²) >= 11 is 0. The molecule has 0 aliphatic heterocycles. The van der Waals surface area contributed by atoms with Crippen LogP contribution in [-0.2, 0) is 0 Å². The number of benzene rings is 2. The highest BCUT2D eigenvalue weighted by Crippen LogP contribution is 2.19. The number of carbonyl (C=O) groups is 1. The lowest BCUT2D eigenvalue weighted by Crippen LogP contribution is -2.13. The Kier molecular flexibility index (Phi) is 5.64. The third kappa shape index (κ3) is 5.18. The first-order chi connectivity index (χ1) is 10.3. The minimum atomic E-state index is -0.763. The van der Waals surface area contributed by atoms with Gasteiger partial charge in [-0.25, -0.2) is 4.79 Å². The van der Waals surface area contributed by atoms with Crippen molar-refractivity contribution in [3.05, 3.63) is 54.6 Å². The van der Waals surface area contributed by atoms with Crippen LogP contribution in [0.15, 0.2) is 54.6 Å². The molecule has 0 aliphatic carbocycles. The summed E-state index contributed by atoms with van der Waals surface area (Å²) in [4.78, 5) is 11.6. The normalized spacial score (nSPS) is 9.95. The predicted molar refractivity (Wildman–Crippen MR) is 79.9 cm³/mol. The molecule has 0 atom stereocenters. The first kappa shape index (κ1) is 14.9. The quantitative estimate of drug-likeness (QED) is 0.447. The first-order valence-corrected chi connectivity index (χ1v) is 6.95. The predicted octanol–water partition coefficient (Wildman–Crippen LogP) is 4.44. The molecule has 0 amide bonds. The molecule has 2 aromatic rings. The highest BCUT2D eigenvalue weighted by molar-refractivity contribution is 5.67. The summed E-state index contributed by atoms with van der Waals surface area (Å²) < 4.78 is 15.6. The summed E-state index contributed by atoms with van der Waals surface area (Å²) in [5.74, 6) is 1.62. The van der Waals surface area contributed by atoms with Gasteiger partial charge < -0.3 is 14.2 Å². The van der Waals surface area contributed by atoms with Gasteiger partial charge >= 0.3 is 6.16 Å². The van der Waals surface area contributed by atoms with Crippen LogP contribution in [0, 0.1) is 0 Å². The standard InChI is InChI=1S/C17H18O4/c1-2-3-13-19-14-9-11-16(12-10-14)21-17(18)20-15-7-5-4-6-8-15/h4-12H,2-3,13H2,1H3. The van der Waals surface area contributed by atoms with E-state index in [1.165, 1.54) is 0 Å². The van der Waals surface area contributed by atoms with Crippen LogP contribution in [0.5, 0.6) is 17.2 Å². The van der Waals surface area contributed by atoms with Crippen LogP contribution in [-0.4, -0.2) is 12.8 Å². The van der Waals surface area contributed by atoms with Gasteiger partial charge in [-0.2, -0.15) is 0 Å². The third-order valence-electron chi connectivity index (χ3n) is 2.74. The van der Waals surface area contributed by atoms with Gasteiger partial charge in [-0.1, -0.05) is 31.5 Å². The van der Waals surface area contributed by atoms with Crippen LogP contribution in [0.4, 0.5) is 4.79 Å². The van der Waals surface area contributed by atoms with E-state index in [1.807, 2.05) is 6.07 Å². The summed E-state index contributed by atoms with van der Waals surface area (Å²) in [6, 6.07) is 15.7. The molecule has 0 saturated heterocycles. The van der Waals surface area contributed by atoms with E-state index in [9.17, 15) is 4.79 Å². The molecule has 4 nitrogen and oxygen atoms in total. The van der Waals surface area contributed by atoms with Gasteiger partial charge in [0.1, 0.15) is 17.2 Å². The lowest BCUT2D eigenvalue weighted by Gasteiger charge is -2.07. The zero-order valence-corrected chi connectivity index (χ0v) is 12.0. The molecular weight excluding hydrogens is 268 g/mol. The highest BCUT2D eigenvalue weighted by Gasteiger charge is 2.07. The van der Waals surface area contributed by atoms with E-state index in [-0.39, 0.29) is 0 Å². The highest BCUT2D eigenvalue weighted by atomic mass is 16.7. The zero-order chi connectivity index (χ0) is 14.9. The molecule has 0 aliphatic rings. The Labute approximate surface area is 124 Å². The second kappa shape index (κ2) is 7.94. The molecule has 0 unspecified atom stereocenters. The molecule has 2 rings (SSSR count). The van der Waals surface area contributed by atoms with Gasteiger partial charge in [-0.3, -0.25) is 0 Å². The number of carbonyl (C=O) groups excluding carboxylic acids is 1. The SMILES string of the molecule is CCCCOc1ccc(OC(=O)Oc2ccccc2)cc1. The lowest BCUT2D eigenvalue weighted by atomic mass is 10.3. The smallest absolute Gasteiger partial charge is 0.494 e. The van der Waals surface area contributed by atoms with Gasteiger partial charge in [0.15, 0.2) is 0 Å². The first-order valence-electron chi connectivity index (χ1n) is 6.95. The van der Waals surface area contributed by atoms with E-state index in [4.69, 9.17) is 14.2 Å². The summed E-state index contributed by atoms with van der Waals surface area (Å²) in [6.07, 6.45) is 1.34. The van der Waals surface area contributed by atoms with Crippen LogP contribution < -0.4 is 14.2 Å². The van der Waals surface area contributed by atoms with E-state index >= 15 is 0 Å². The molecule has 0 fully saturated rings. The number of rotatable bonds is 6. The van der Waals surface area contributed by atoms with Crippen molar-refractivity contribution < 1.29 is 19.0 Å². The Morgan fingerprint density at radius 1 is 0.857 bits per heavy atom. The van der Waals surface area contributed by atoms with E-state index in [2.05, 4.69) is 6.92 Å². The van der Waals surface area contributed by atoms with Crippen LogP contribution in [0.1, 0.15) is 19.8 Å². The number of hydrogen-bond acceptors (Lipinski definition) is 4. The summed E-state index contributed by atoms with van der Waals surface area (Å²) in [7, 11) is 0. The fourth-order valence-electron chi connectivity index (χ4n) is 1.64. The van der Waals surface area contributed by atoms with Gasteiger partial charge in [0.05, 0.1) is 6.61 Å². The van der Waals surface area contributed by atoms with Crippen molar-refractivity contribution in [2.75, 3.05) is 6.61 Å². The van der Waals surface area contributed by atoms with Crippen molar-refractivity contribution >= 4 is 6.16 Å². The van der Waals surface area contributed by atoms with Crippen LogP contribution in [0.2, 0.25) is 0 Å². The molecule has 0 aromatic heterocycles. The monoisotopic (exact) mass is 286 g/mol.